The summed E-state index contributed by atoms with van der Waals surface area (Å²) in [7, 11) is 0. The molecule has 802 valence electrons. The van der Waals surface area contributed by atoms with E-state index in [0.717, 1.165) is 198 Å². The predicted molar refractivity (Wildman–Crippen MR) is 573 cm³/mol. The number of aromatic carboxylic acids is 5. The molecule has 5 aromatic rings. The number of aliphatic hydroxyl groups is 14. The number of hydrogen-bond acceptors (Lipinski definition) is 24. The Kier molecular flexibility index (Phi) is 60.6. The number of alkyl halides is 5. The molecule has 0 spiro atoms. The number of carbonyl (C=O) groups is 5. The average Bonchev–Trinajstić information content (AvgIpc) is 1.70. The average molecular weight is 2180 g/mol. The Hall–Kier alpha value is -4.56. The van der Waals surface area contributed by atoms with Crippen molar-refractivity contribution in [2.75, 3.05) is 0 Å². The van der Waals surface area contributed by atoms with Gasteiger partial charge in [0.05, 0.1) is 85.5 Å². The van der Waals surface area contributed by atoms with Crippen LogP contribution in [0.3, 0.4) is 0 Å². The molecule has 0 aromatic carbocycles. The van der Waals surface area contributed by atoms with E-state index in [-0.39, 0.29) is 98.3 Å². The normalized spacial score (nSPS) is 26.9. The summed E-state index contributed by atoms with van der Waals surface area (Å²) in [5, 5.41) is 186. The lowest BCUT2D eigenvalue weighted by Gasteiger charge is -2.21. The van der Waals surface area contributed by atoms with Gasteiger partial charge in [0.2, 0.25) is 0 Å². The summed E-state index contributed by atoms with van der Waals surface area (Å²) in [5.41, 5.74) is 0. The van der Waals surface area contributed by atoms with Crippen LogP contribution >= 0.6 is 115 Å². The molecule has 19 N–H and O–H groups in total. The quantitative estimate of drug-likeness (QED) is 0.00976. The summed E-state index contributed by atoms with van der Waals surface area (Å²) < 4.78 is 0. The number of aryl methyl sites for hydroxylation is 5. The molecule has 0 radical (unpaired) electrons. The molecule has 5 heterocycles. The number of rotatable bonds is 58. The van der Waals surface area contributed by atoms with Crippen LogP contribution in [0.1, 0.15) is 326 Å². The second-order valence-electron chi connectivity index (χ2n) is 39.3. The summed E-state index contributed by atoms with van der Waals surface area (Å²) in [6.45, 7) is 9.73. The molecule has 5 aromatic heterocycles. The van der Waals surface area contributed by atoms with Gasteiger partial charge in [-0.05, 0) is 277 Å². The summed E-state index contributed by atoms with van der Waals surface area (Å²) in [6.07, 6.45) is 41.5. The summed E-state index contributed by atoms with van der Waals surface area (Å²) >= 11 is 38.9. The fourth-order valence-corrected chi connectivity index (χ4v) is 26.6. The summed E-state index contributed by atoms with van der Waals surface area (Å²) in [4.78, 5) is 61.9. The molecule has 5 aliphatic carbocycles. The number of carboxylic acids is 5. The first-order chi connectivity index (χ1) is 67.6. The van der Waals surface area contributed by atoms with Gasteiger partial charge in [-0.25, -0.2) is 24.0 Å². The molecule has 5 saturated carbocycles. The van der Waals surface area contributed by atoms with Crippen molar-refractivity contribution >= 4 is 145 Å². The Morgan fingerprint density at radius 2 is 0.542 bits per heavy atom. The molecule has 2 unspecified atom stereocenters. The van der Waals surface area contributed by atoms with Crippen LogP contribution in [0.25, 0.3) is 0 Å². The molecular weight excluding hydrogens is 2020 g/mol. The zero-order chi connectivity index (χ0) is 105. The fraction of sp³-hybridized carbons (Fsp3) is 0.676. The molecule has 29 atom stereocenters. The van der Waals surface area contributed by atoms with Crippen LogP contribution in [-0.4, -0.2) is 239 Å². The Labute approximate surface area is 885 Å². The largest absolute Gasteiger partial charge is 0.477 e. The monoisotopic (exact) mass is 2180 g/mol. The zero-order valence-corrected chi connectivity index (χ0v) is 90.7. The first kappa shape index (κ1) is 126. The molecule has 5 fully saturated rings. The van der Waals surface area contributed by atoms with Crippen LogP contribution in [0, 0.1) is 59.2 Å². The van der Waals surface area contributed by atoms with Gasteiger partial charge < -0.3 is 97.0 Å². The maximum atomic E-state index is 11.0. The van der Waals surface area contributed by atoms with Crippen LogP contribution < -0.4 is 0 Å². The second kappa shape index (κ2) is 68.3. The number of hydrogen-bond donors (Lipinski definition) is 19. The van der Waals surface area contributed by atoms with E-state index in [1.807, 2.05) is 80.6 Å². The lowest BCUT2D eigenvalue weighted by atomic mass is 9.88. The van der Waals surface area contributed by atoms with Crippen molar-refractivity contribution in [3.05, 3.63) is 170 Å². The second-order valence-corrected chi connectivity index (χ2v) is 48.0. The maximum Gasteiger partial charge on any atom is 0.345 e. The van der Waals surface area contributed by atoms with Gasteiger partial charge in [-0.1, -0.05) is 152 Å². The van der Waals surface area contributed by atoms with E-state index in [1.54, 1.807) is 68.5 Å². The van der Waals surface area contributed by atoms with E-state index in [0.29, 0.717) is 88.6 Å². The highest BCUT2D eigenvalue weighted by molar-refractivity contribution is 7.15. The Bertz CT molecular complexity index is 4410. The third kappa shape index (κ3) is 46.1. The van der Waals surface area contributed by atoms with Crippen LogP contribution in [0.5, 0.6) is 0 Å². The van der Waals surface area contributed by atoms with Crippen LogP contribution in [0.4, 0.5) is 0 Å². The van der Waals surface area contributed by atoms with E-state index in [9.17, 15) is 95.5 Å². The number of halogens is 5. The lowest BCUT2D eigenvalue weighted by molar-refractivity contribution is 0.0409. The molecule has 24 nitrogen and oxygen atoms in total. The van der Waals surface area contributed by atoms with E-state index in [1.165, 1.54) is 69.5 Å². The molecule has 34 heteroatoms. The van der Waals surface area contributed by atoms with E-state index >= 15 is 0 Å². The molecular formula is C108H161Cl5O24S5. The smallest absolute Gasteiger partial charge is 0.345 e. The van der Waals surface area contributed by atoms with Crippen LogP contribution in [0.15, 0.2) is 121 Å². The van der Waals surface area contributed by atoms with Gasteiger partial charge in [0.1, 0.15) is 24.4 Å². The van der Waals surface area contributed by atoms with E-state index < -0.39 is 103 Å². The molecule has 0 bridgehead atoms. The minimum Gasteiger partial charge on any atom is -0.477 e. The van der Waals surface area contributed by atoms with E-state index in [4.69, 9.17) is 83.5 Å². The molecule has 0 amide bonds. The van der Waals surface area contributed by atoms with Gasteiger partial charge in [-0.3, -0.25) is 0 Å². The first-order valence-electron chi connectivity index (χ1n) is 51.4. The van der Waals surface area contributed by atoms with Crippen LogP contribution in [0.2, 0.25) is 0 Å². The van der Waals surface area contributed by atoms with Crippen LogP contribution in [-0.2, 0) is 32.1 Å². The van der Waals surface area contributed by atoms with Crippen molar-refractivity contribution in [2.45, 2.75) is 397 Å². The van der Waals surface area contributed by atoms with Gasteiger partial charge in [0, 0.05) is 87.3 Å². The van der Waals surface area contributed by atoms with Gasteiger partial charge in [-0.15, -0.1) is 115 Å². The highest BCUT2D eigenvalue weighted by Crippen LogP contribution is 2.46. The maximum absolute atomic E-state index is 11.0. The summed E-state index contributed by atoms with van der Waals surface area (Å²) in [5.74, 6) is -4.22. The molecule has 10 rings (SSSR count). The molecule has 142 heavy (non-hydrogen) atoms. The number of aliphatic hydroxyl groups excluding tert-OH is 14. The number of carboxylic acid groups (broad SMARTS) is 5. The van der Waals surface area contributed by atoms with Gasteiger partial charge in [0.15, 0.2) is 0 Å². The number of thiophene rings is 5. The van der Waals surface area contributed by atoms with Gasteiger partial charge in [-0.2, -0.15) is 0 Å². The topological polar surface area (TPSA) is 470 Å². The number of unbranched alkanes of at least 4 members (excludes halogenated alkanes) is 6. The lowest BCUT2D eigenvalue weighted by Crippen LogP contribution is -2.25. The minimum atomic E-state index is -0.936. The third-order valence-corrected chi connectivity index (χ3v) is 35.9. The summed E-state index contributed by atoms with van der Waals surface area (Å²) in [6, 6.07) is 17.5. The highest BCUT2D eigenvalue weighted by atomic mass is 35.5. The minimum absolute atomic E-state index is 0.0225. The van der Waals surface area contributed by atoms with Crippen molar-refractivity contribution in [1.82, 2.24) is 0 Å². The van der Waals surface area contributed by atoms with Crippen molar-refractivity contribution in [1.29, 1.82) is 0 Å². The van der Waals surface area contributed by atoms with Crippen molar-refractivity contribution in [3.8, 4) is 0 Å². The first-order valence-corrected chi connectivity index (χ1v) is 57.6. The molecule has 0 aliphatic heterocycles. The van der Waals surface area contributed by atoms with Gasteiger partial charge in [0.25, 0.3) is 0 Å². The third-order valence-electron chi connectivity index (χ3n) is 27.7. The van der Waals surface area contributed by atoms with Crippen molar-refractivity contribution in [3.63, 3.8) is 0 Å². The van der Waals surface area contributed by atoms with Gasteiger partial charge >= 0.3 is 29.8 Å². The Balaban J connectivity index is 0.000000272. The Morgan fingerprint density at radius 1 is 0.303 bits per heavy atom. The molecule has 5 aliphatic rings. The Morgan fingerprint density at radius 3 is 0.775 bits per heavy atom. The zero-order valence-electron chi connectivity index (χ0n) is 82.8. The fourth-order valence-electron chi connectivity index (χ4n) is 19.8. The van der Waals surface area contributed by atoms with Crippen molar-refractivity contribution in [2.24, 2.45) is 59.2 Å². The van der Waals surface area contributed by atoms with Crippen molar-refractivity contribution < 1.29 is 121 Å². The SMILES string of the molecule is CCCC(O)C[C@H](O)/C=C/[C@@H]1[C@@H](CCCc2ccc(C(=O)O)s2)[C@H](Cl)C[C@H]1O.CCCCC(O)[C@H](O)/C=C/[C@@H]1[C@@H](CCCc2ccc(C(=O)O)s2)[C@H](Cl)C[C@H]1O.CCCCCC[C@H](O)/C=C/[C@@H]1[C@@H](CCCc2ccc(C(=O)O)s2)[C@H](Cl)C[C@H]1O.C[C@@H](O)CCCC[C@@H](O)/C=C/[C@@H]1[C@@H](CCCc2ccc(C(=O)O)s2)[C@H](Cl)C[C@H]1O.C[C@@H](O)CCCC[C@H](O)/C=C/[C@@H]1[C@@H](CCCc2ccc(C(=O)O)s2)[C@H](Cl)C[C@H]1O. The predicted octanol–water partition coefficient (Wildman–Crippen LogP) is 21.4. The molecule has 0 saturated heterocycles. The van der Waals surface area contributed by atoms with E-state index in [2.05, 4.69) is 6.92 Å². The standard InChI is InChI=1S/2C22H33ClO5S.C22H33ClO4S.2C21H31ClO5S/c2*1-14(24)5-2-3-6-15(25)9-11-18-17(19(23)13-20(18)26)8-4-7-16-10-12-21(29-16)22(27)28;1-2-3-4-5-7-15(24)10-12-18-17(19(23)14-20(18)25)9-6-8-16-11-13-21(28-16)22(26)27;1-2-4-13(23)11-14(24)7-9-17-16(18(22)12-19(17)25)6-3-5-15-8-10-20(28-15)21(26)27;1-2-3-7-17(23)18(24)10-9-15-14(16(22)12-19(15)25)6-4-5-13-8-11-20(28-13)21(26)27/h2*9-12,14-15,17-20,24-26H,2-8,13H2,1H3,(H,27,28);10-13,15,17-20,24-25H,2-9,14H2,1H3,(H,26,27);7-10,13-14,16-19,23-25H,2-6,11-12H2,1H3,(H,26,27);8-11,14-19,23-25H,2-7,12H2,1H3,(H,26,27)/b2*11-9+;12-10+;9-7+;10-9+/t14-,15+,17-,18-,19-,20-;14-,15-,17-,18-,19-,20-;15-,17+,18+,19+,20+;13?,14-,16-,17-,18-,19-;14-,15-,16-,17?,18-,19-/m11011/s1. The highest BCUT2D eigenvalue weighted by Gasteiger charge is 2.45.